The van der Waals surface area contributed by atoms with Crippen LogP contribution in [0, 0.1) is 0 Å². The molecule has 8 heteroatoms. The summed E-state index contributed by atoms with van der Waals surface area (Å²) in [5, 5.41) is 9.86. The van der Waals surface area contributed by atoms with Gasteiger partial charge in [0.15, 0.2) is 11.5 Å². The molecule has 7 nitrogen and oxygen atoms in total. The fourth-order valence-corrected chi connectivity index (χ4v) is 3.66. The van der Waals surface area contributed by atoms with Gasteiger partial charge >= 0.3 is 0 Å². The van der Waals surface area contributed by atoms with Gasteiger partial charge in [0.05, 0.1) is 32.5 Å². The predicted octanol–water partition coefficient (Wildman–Crippen LogP) is 2.85. The predicted molar refractivity (Wildman–Crippen MR) is 109 cm³/mol. The monoisotopic (exact) mass is 400 g/mol. The normalized spacial score (nSPS) is 10.7. The highest BCUT2D eigenvalue weighted by atomic mass is 32.1. The first-order chi connectivity index (χ1) is 13.6. The second kappa shape index (κ2) is 9.36. The van der Waals surface area contributed by atoms with Crippen LogP contribution in [0.4, 0.5) is 0 Å². The first-order valence-corrected chi connectivity index (χ1v) is 9.88. The summed E-state index contributed by atoms with van der Waals surface area (Å²) in [6.07, 6.45) is 5.90. The van der Waals surface area contributed by atoms with Crippen molar-refractivity contribution in [3.05, 3.63) is 47.2 Å². The van der Waals surface area contributed by atoms with Crippen LogP contribution in [0.1, 0.15) is 17.7 Å². The number of nitrogens with zero attached hydrogens (tertiary/aromatic N) is 3. The molecule has 0 aliphatic rings. The topological polar surface area (TPSA) is 78.3 Å². The number of hydrogen-bond donors (Lipinski definition) is 1. The third kappa shape index (κ3) is 5.10. The number of carbonyl (C=O) groups is 1. The van der Waals surface area contributed by atoms with Gasteiger partial charge in [-0.3, -0.25) is 9.48 Å². The molecule has 0 fully saturated rings. The Labute approximate surface area is 168 Å². The number of nitrogens with one attached hydrogen (secondary N) is 1. The molecule has 148 valence electrons. The zero-order chi connectivity index (χ0) is 19.9. The molecule has 1 aromatic carbocycles. The van der Waals surface area contributed by atoms with E-state index in [-0.39, 0.29) is 12.3 Å². The van der Waals surface area contributed by atoms with Crippen molar-refractivity contribution in [2.45, 2.75) is 19.3 Å². The highest BCUT2D eigenvalue weighted by Gasteiger charge is 2.11. The van der Waals surface area contributed by atoms with Crippen molar-refractivity contribution in [1.29, 1.82) is 0 Å². The molecule has 1 amide bonds. The van der Waals surface area contributed by atoms with Gasteiger partial charge in [0, 0.05) is 30.7 Å². The Bertz CT molecular complexity index is 935. The zero-order valence-electron chi connectivity index (χ0n) is 16.3. The molecule has 1 N–H and O–H groups in total. The molecule has 28 heavy (non-hydrogen) atoms. The van der Waals surface area contributed by atoms with E-state index in [4.69, 9.17) is 9.47 Å². The van der Waals surface area contributed by atoms with E-state index < -0.39 is 0 Å². The first kappa shape index (κ1) is 19.9. The van der Waals surface area contributed by atoms with Gasteiger partial charge in [-0.2, -0.15) is 5.10 Å². The van der Waals surface area contributed by atoms with Crippen LogP contribution in [0.25, 0.3) is 10.6 Å². The van der Waals surface area contributed by atoms with Crippen LogP contribution in [0.2, 0.25) is 0 Å². The molecule has 3 rings (SSSR count). The van der Waals surface area contributed by atoms with Crippen LogP contribution < -0.4 is 14.8 Å². The van der Waals surface area contributed by atoms with Gasteiger partial charge in [0.25, 0.3) is 0 Å². The van der Waals surface area contributed by atoms with Gasteiger partial charge in [-0.25, -0.2) is 4.98 Å². The van der Waals surface area contributed by atoms with Crippen LogP contribution in [0.15, 0.2) is 36.0 Å². The van der Waals surface area contributed by atoms with Crippen molar-refractivity contribution in [2.75, 3.05) is 20.8 Å². The maximum Gasteiger partial charge on any atom is 0.226 e. The molecule has 0 aliphatic heterocycles. The molecule has 0 saturated heterocycles. The summed E-state index contributed by atoms with van der Waals surface area (Å²) in [7, 11) is 5.11. The Morgan fingerprint density at radius 3 is 2.79 bits per heavy atom. The second-order valence-corrected chi connectivity index (χ2v) is 7.22. The van der Waals surface area contributed by atoms with Crippen LogP contribution >= 0.6 is 11.3 Å². The third-order valence-corrected chi connectivity index (χ3v) is 5.19. The van der Waals surface area contributed by atoms with Crippen molar-refractivity contribution in [3.8, 4) is 22.1 Å². The number of methoxy groups -OCH3 is 2. The Morgan fingerprint density at radius 1 is 1.25 bits per heavy atom. The number of hydrogen-bond acceptors (Lipinski definition) is 6. The van der Waals surface area contributed by atoms with Crippen LogP contribution in [0.3, 0.4) is 0 Å². The average molecular weight is 401 g/mol. The van der Waals surface area contributed by atoms with Gasteiger partial charge in [-0.05, 0) is 36.6 Å². The van der Waals surface area contributed by atoms with Crippen LogP contribution in [-0.4, -0.2) is 41.4 Å². The second-order valence-electron chi connectivity index (χ2n) is 6.37. The minimum absolute atomic E-state index is 0.0182. The Kier molecular flexibility index (Phi) is 6.65. The van der Waals surface area contributed by atoms with Crippen LogP contribution in [0.5, 0.6) is 11.5 Å². The lowest BCUT2D eigenvalue weighted by Crippen LogP contribution is -2.26. The van der Waals surface area contributed by atoms with Gasteiger partial charge in [-0.1, -0.05) is 0 Å². The molecule has 0 atom stereocenters. The molecule has 0 aliphatic carbocycles. The fourth-order valence-electron chi connectivity index (χ4n) is 2.84. The average Bonchev–Trinajstić information content (AvgIpc) is 3.33. The van der Waals surface area contributed by atoms with E-state index in [0.717, 1.165) is 29.1 Å². The lowest BCUT2D eigenvalue weighted by atomic mass is 10.2. The minimum Gasteiger partial charge on any atom is -0.493 e. The lowest BCUT2D eigenvalue weighted by molar-refractivity contribution is -0.120. The Morgan fingerprint density at radius 2 is 2.07 bits per heavy atom. The van der Waals surface area contributed by atoms with Gasteiger partial charge in [0.2, 0.25) is 5.91 Å². The fraction of sp³-hybridized carbons (Fsp3) is 0.350. The largest absolute Gasteiger partial charge is 0.493 e. The number of rotatable bonds is 9. The van der Waals surface area contributed by atoms with Crippen molar-refractivity contribution >= 4 is 17.2 Å². The number of aryl methyl sites for hydroxylation is 2. The summed E-state index contributed by atoms with van der Waals surface area (Å²) in [6.45, 7) is 0.639. The standard InChI is InChI=1S/C20H24N4O3S/c1-24-12-14(11-22-24)5-4-8-21-19(25)10-16-13-28-20(23-16)15-6-7-17(26-2)18(9-15)27-3/h6-7,9,11-13H,4-5,8,10H2,1-3H3,(H,21,25). The van der Waals surface area contributed by atoms with Crippen molar-refractivity contribution in [3.63, 3.8) is 0 Å². The van der Waals surface area contributed by atoms with Crippen LogP contribution in [-0.2, 0) is 24.7 Å². The smallest absolute Gasteiger partial charge is 0.226 e. The summed E-state index contributed by atoms with van der Waals surface area (Å²) in [5.74, 6) is 1.31. The number of carbonyl (C=O) groups excluding carboxylic acids is 1. The van der Waals surface area contributed by atoms with E-state index >= 15 is 0 Å². The minimum atomic E-state index is -0.0182. The Balaban J connectivity index is 1.50. The molecule has 2 heterocycles. The molecule has 0 saturated carbocycles. The van der Waals surface area contributed by atoms with E-state index in [1.807, 2.05) is 43.0 Å². The van der Waals surface area contributed by atoms with Gasteiger partial charge in [-0.15, -0.1) is 11.3 Å². The SMILES string of the molecule is COc1ccc(-c2nc(CC(=O)NCCCc3cnn(C)c3)cs2)cc1OC. The number of ether oxygens (including phenoxy) is 2. The number of amides is 1. The molecule has 0 unspecified atom stereocenters. The molecular formula is C20H24N4O3S. The van der Waals surface area contributed by atoms with E-state index in [0.29, 0.717) is 18.0 Å². The zero-order valence-corrected chi connectivity index (χ0v) is 17.1. The molecular weight excluding hydrogens is 376 g/mol. The maximum absolute atomic E-state index is 12.2. The highest BCUT2D eigenvalue weighted by Crippen LogP contribution is 2.33. The van der Waals surface area contributed by atoms with E-state index in [1.165, 1.54) is 16.9 Å². The summed E-state index contributed by atoms with van der Waals surface area (Å²) in [5.41, 5.74) is 2.88. The maximum atomic E-state index is 12.2. The molecule has 3 aromatic rings. The lowest BCUT2D eigenvalue weighted by Gasteiger charge is -2.08. The van der Waals surface area contributed by atoms with E-state index in [2.05, 4.69) is 15.4 Å². The molecule has 0 radical (unpaired) electrons. The van der Waals surface area contributed by atoms with Crippen molar-refractivity contribution in [2.24, 2.45) is 7.05 Å². The van der Waals surface area contributed by atoms with Crippen molar-refractivity contribution in [1.82, 2.24) is 20.1 Å². The summed E-state index contributed by atoms with van der Waals surface area (Å²) in [4.78, 5) is 16.7. The van der Waals surface area contributed by atoms with Gasteiger partial charge < -0.3 is 14.8 Å². The summed E-state index contributed by atoms with van der Waals surface area (Å²) < 4.78 is 12.4. The molecule has 0 spiro atoms. The van der Waals surface area contributed by atoms with E-state index in [9.17, 15) is 4.79 Å². The van der Waals surface area contributed by atoms with Crippen molar-refractivity contribution < 1.29 is 14.3 Å². The first-order valence-electron chi connectivity index (χ1n) is 9.00. The van der Waals surface area contributed by atoms with E-state index in [1.54, 1.807) is 18.9 Å². The highest BCUT2D eigenvalue weighted by molar-refractivity contribution is 7.13. The Hall–Kier alpha value is -2.87. The number of aromatic nitrogens is 3. The summed E-state index contributed by atoms with van der Waals surface area (Å²) >= 11 is 1.51. The molecule has 0 bridgehead atoms. The quantitative estimate of drug-likeness (QED) is 0.559. The van der Waals surface area contributed by atoms with Gasteiger partial charge in [0.1, 0.15) is 5.01 Å². The number of thiazole rings is 1. The number of benzene rings is 1. The summed E-state index contributed by atoms with van der Waals surface area (Å²) in [6, 6.07) is 5.67. The molecule has 2 aromatic heterocycles. The third-order valence-electron chi connectivity index (χ3n) is 4.25.